The molecule has 1 aliphatic heterocycles. The Kier molecular flexibility index (Phi) is 4.67. The molecule has 25 heavy (non-hydrogen) atoms. The van der Waals surface area contributed by atoms with Gasteiger partial charge in [-0.15, -0.1) is 11.3 Å². The number of pyridine rings is 1. The number of amides is 1. The van der Waals surface area contributed by atoms with Crippen LogP contribution in [0.15, 0.2) is 35.7 Å². The van der Waals surface area contributed by atoms with Crippen LogP contribution in [0.3, 0.4) is 0 Å². The summed E-state index contributed by atoms with van der Waals surface area (Å²) in [5, 5.41) is 11.2. The van der Waals surface area contributed by atoms with Gasteiger partial charge in [0.25, 0.3) is 5.91 Å². The number of carbonyl (C=O) groups excluding carboxylic acids is 2. The van der Waals surface area contributed by atoms with E-state index in [-0.39, 0.29) is 11.4 Å². The van der Waals surface area contributed by atoms with E-state index in [9.17, 15) is 14.7 Å². The number of rotatable bonds is 5. The molecule has 0 fully saturated rings. The van der Waals surface area contributed by atoms with Crippen molar-refractivity contribution in [2.75, 3.05) is 6.54 Å². The van der Waals surface area contributed by atoms with E-state index >= 15 is 0 Å². The van der Waals surface area contributed by atoms with Gasteiger partial charge in [-0.1, -0.05) is 13.0 Å². The first-order valence-corrected chi connectivity index (χ1v) is 8.91. The number of hydrogen-bond acceptors (Lipinski definition) is 6. The normalized spacial score (nSPS) is 17.5. The quantitative estimate of drug-likeness (QED) is 0.831. The summed E-state index contributed by atoms with van der Waals surface area (Å²) < 4.78 is 0. The van der Waals surface area contributed by atoms with Crippen molar-refractivity contribution in [2.24, 2.45) is 0 Å². The molecular weight excluding hydrogens is 338 g/mol. The lowest BCUT2D eigenvalue weighted by Crippen LogP contribution is -2.32. The van der Waals surface area contributed by atoms with Crippen LogP contribution in [0.2, 0.25) is 0 Å². The van der Waals surface area contributed by atoms with Gasteiger partial charge in [-0.25, -0.2) is 4.98 Å². The maximum Gasteiger partial charge on any atom is 0.290 e. The SMILES string of the molecule is CCCN1C(=O)C(O)=C(C(=O)c2sc(C)nc2C)C1c1ccccn1. The lowest BCUT2D eigenvalue weighted by Gasteiger charge is -2.25. The monoisotopic (exact) mass is 357 g/mol. The Labute approximate surface area is 149 Å². The van der Waals surface area contributed by atoms with Gasteiger partial charge in [0.05, 0.1) is 26.8 Å². The number of aliphatic hydroxyl groups is 1. The van der Waals surface area contributed by atoms with Crippen LogP contribution in [0.5, 0.6) is 0 Å². The second-order valence-corrected chi connectivity index (χ2v) is 7.10. The minimum Gasteiger partial charge on any atom is -0.503 e. The summed E-state index contributed by atoms with van der Waals surface area (Å²) in [7, 11) is 0. The number of thiazole rings is 1. The Hall–Kier alpha value is -2.54. The van der Waals surface area contributed by atoms with Crippen LogP contribution in [0.4, 0.5) is 0 Å². The molecule has 1 amide bonds. The van der Waals surface area contributed by atoms with Gasteiger partial charge in [-0.2, -0.15) is 0 Å². The molecule has 2 aromatic rings. The summed E-state index contributed by atoms with van der Waals surface area (Å²) in [6, 6.07) is 4.66. The van der Waals surface area contributed by atoms with E-state index in [1.165, 1.54) is 16.2 Å². The van der Waals surface area contributed by atoms with Crippen molar-refractivity contribution in [1.29, 1.82) is 0 Å². The maximum atomic E-state index is 13.1. The van der Waals surface area contributed by atoms with Gasteiger partial charge >= 0.3 is 0 Å². The largest absolute Gasteiger partial charge is 0.503 e. The standard InChI is InChI=1S/C18H19N3O3S/c1-4-9-21-14(12-7-5-6-8-19-12)13(16(23)18(21)24)15(22)17-10(2)20-11(3)25-17/h5-8,14,23H,4,9H2,1-3H3. The van der Waals surface area contributed by atoms with Crippen molar-refractivity contribution in [1.82, 2.24) is 14.9 Å². The highest BCUT2D eigenvalue weighted by Gasteiger charge is 2.44. The minimum atomic E-state index is -0.678. The van der Waals surface area contributed by atoms with E-state index in [0.29, 0.717) is 29.2 Å². The van der Waals surface area contributed by atoms with E-state index in [4.69, 9.17) is 0 Å². The second-order valence-electron chi connectivity index (χ2n) is 5.89. The van der Waals surface area contributed by atoms with Crippen LogP contribution in [-0.4, -0.2) is 38.2 Å². The second kappa shape index (κ2) is 6.76. The number of aromatic nitrogens is 2. The van der Waals surface area contributed by atoms with E-state index in [1.807, 2.05) is 13.8 Å². The van der Waals surface area contributed by atoms with Gasteiger partial charge in [0.15, 0.2) is 5.76 Å². The van der Waals surface area contributed by atoms with Gasteiger partial charge in [0.1, 0.15) is 6.04 Å². The first kappa shape index (κ1) is 17.3. The van der Waals surface area contributed by atoms with Crippen LogP contribution >= 0.6 is 11.3 Å². The van der Waals surface area contributed by atoms with Crippen LogP contribution in [-0.2, 0) is 4.79 Å². The third kappa shape index (κ3) is 2.95. The Morgan fingerprint density at radius 2 is 2.12 bits per heavy atom. The molecule has 3 rings (SSSR count). The molecule has 0 saturated heterocycles. The van der Waals surface area contributed by atoms with Gasteiger partial charge in [0, 0.05) is 12.7 Å². The first-order valence-electron chi connectivity index (χ1n) is 8.09. The molecule has 130 valence electrons. The lowest BCUT2D eigenvalue weighted by molar-refractivity contribution is -0.129. The molecule has 6 nitrogen and oxygen atoms in total. The van der Waals surface area contributed by atoms with Crippen molar-refractivity contribution >= 4 is 23.0 Å². The van der Waals surface area contributed by atoms with Crippen LogP contribution in [0, 0.1) is 13.8 Å². The molecule has 7 heteroatoms. The topological polar surface area (TPSA) is 83.4 Å². The van der Waals surface area contributed by atoms with Crippen molar-refractivity contribution in [3.05, 3.63) is 57.0 Å². The Morgan fingerprint density at radius 3 is 2.68 bits per heavy atom. The molecule has 1 N–H and O–H groups in total. The third-order valence-corrected chi connectivity index (χ3v) is 5.16. The van der Waals surface area contributed by atoms with Gasteiger partial charge in [-0.3, -0.25) is 14.6 Å². The smallest absolute Gasteiger partial charge is 0.290 e. The molecule has 1 aliphatic rings. The van der Waals surface area contributed by atoms with Crippen molar-refractivity contribution < 1.29 is 14.7 Å². The molecule has 0 aromatic carbocycles. The number of carbonyl (C=O) groups is 2. The molecule has 0 bridgehead atoms. The highest BCUT2D eigenvalue weighted by molar-refractivity contribution is 7.14. The Morgan fingerprint density at radius 1 is 1.36 bits per heavy atom. The summed E-state index contributed by atoms with van der Waals surface area (Å²) in [5.41, 5.74) is 1.26. The van der Waals surface area contributed by atoms with Gasteiger partial charge in [0.2, 0.25) is 5.78 Å². The fraction of sp³-hybridized carbons (Fsp3) is 0.333. The number of Topliss-reactive ketones (excluding diaryl/α,β-unsaturated/α-hetero) is 1. The van der Waals surface area contributed by atoms with Crippen molar-refractivity contribution in [2.45, 2.75) is 33.2 Å². The van der Waals surface area contributed by atoms with E-state index in [2.05, 4.69) is 9.97 Å². The average Bonchev–Trinajstić information content (AvgIpc) is 3.06. The molecule has 1 unspecified atom stereocenters. The summed E-state index contributed by atoms with van der Waals surface area (Å²) in [5.74, 6) is -1.37. The number of aliphatic hydroxyl groups excluding tert-OH is 1. The molecule has 2 aromatic heterocycles. The van der Waals surface area contributed by atoms with Crippen molar-refractivity contribution in [3.63, 3.8) is 0 Å². The highest BCUT2D eigenvalue weighted by atomic mass is 32.1. The van der Waals surface area contributed by atoms with E-state index in [0.717, 1.165) is 5.01 Å². The van der Waals surface area contributed by atoms with E-state index < -0.39 is 17.7 Å². The number of ketones is 1. The first-order chi connectivity index (χ1) is 12.0. The molecule has 0 radical (unpaired) electrons. The van der Waals surface area contributed by atoms with Crippen LogP contribution in [0.25, 0.3) is 0 Å². The molecule has 0 aliphatic carbocycles. The number of nitrogens with zero attached hydrogens (tertiary/aromatic N) is 3. The molecular formula is C18H19N3O3S. The van der Waals surface area contributed by atoms with E-state index in [1.54, 1.807) is 31.3 Å². The summed E-state index contributed by atoms with van der Waals surface area (Å²) in [4.78, 5) is 36.2. The van der Waals surface area contributed by atoms with Crippen LogP contribution in [0.1, 0.15) is 45.5 Å². The summed E-state index contributed by atoms with van der Waals surface area (Å²) in [6.45, 7) is 5.95. The predicted molar refractivity (Wildman–Crippen MR) is 94.6 cm³/mol. The summed E-state index contributed by atoms with van der Waals surface area (Å²) in [6.07, 6.45) is 2.33. The zero-order valence-corrected chi connectivity index (χ0v) is 15.1. The predicted octanol–water partition coefficient (Wildman–Crippen LogP) is 3.14. The highest BCUT2D eigenvalue weighted by Crippen LogP contribution is 2.39. The fourth-order valence-electron chi connectivity index (χ4n) is 3.07. The van der Waals surface area contributed by atoms with Crippen molar-refractivity contribution in [3.8, 4) is 0 Å². The van der Waals surface area contributed by atoms with Crippen LogP contribution < -0.4 is 0 Å². The molecule has 3 heterocycles. The average molecular weight is 357 g/mol. The number of aryl methyl sites for hydroxylation is 2. The molecule has 1 atom stereocenters. The Balaban J connectivity index is 2.12. The third-order valence-electron chi connectivity index (χ3n) is 4.09. The summed E-state index contributed by atoms with van der Waals surface area (Å²) >= 11 is 1.27. The minimum absolute atomic E-state index is 0.0869. The number of hydrogen-bond donors (Lipinski definition) is 1. The Bertz CT molecular complexity index is 858. The van der Waals surface area contributed by atoms with Gasteiger partial charge < -0.3 is 10.0 Å². The zero-order chi connectivity index (χ0) is 18.1. The van der Waals surface area contributed by atoms with Gasteiger partial charge in [-0.05, 0) is 32.4 Å². The maximum absolute atomic E-state index is 13.1. The zero-order valence-electron chi connectivity index (χ0n) is 14.3. The molecule has 0 spiro atoms. The molecule has 0 saturated carbocycles. The lowest BCUT2D eigenvalue weighted by atomic mass is 9.98. The fourth-order valence-corrected chi connectivity index (χ4v) is 3.94.